The number of benzene rings is 1. The molecule has 0 radical (unpaired) electrons. The Hall–Kier alpha value is -3.55. The number of aromatic nitrogens is 4. The Morgan fingerprint density at radius 1 is 1.07 bits per heavy atom. The van der Waals surface area contributed by atoms with Crippen LogP contribution < -0.4 is 14.5 Å². The number of ether oxygens (including phenoxy) is 2. The molecule has 1 atom stereocenters. The first-order valence-electron chi connectivity index (χ1n) is 14.1. The van der Waals surface area contributed by atoms with Crippen LogP contribution in [0.4, 0.5) is 17.3 Å². The highest BCUT2D eigenvalue weighted by atomic mass is 32.2. The lowest BCUT2D eigenvalue weighted by Gasteiger charge is -2.40. The maximum Gasteiger partial charge on any atom is 0.266 e. The summed E-state index contributed by atoms with van der Waals surface area (Å²) in [6.07, 6.45) is 8.69. The van der Waals surface area contributed by atoms with Crippen molar-refractivity contribution in [2.24, 2.45) is 0 Å². The van der Waals surface area contributed by atoms with Gasteiger partial charge in [0.2, 0.25) is 21.9 Å². The molecular weight excluding hydrogens is 546 g/mol. The van der Waals surface area contributed by atoms with E-state index in [0.717, 1.165) is 37.2 Å². The summed E-state index contributed by atoms with van der Waals surface area (Å²) in [5.74, 6) is 1.20. The molecule has 13 heteroatoms. The molecule has 12 nitrogen and oxygen atoms in total. The summed E-state index contributed by atoms with van der Waals surface area (Å²) in [6.45, 7) is 5.96. The van der Waals surface area contributed by atoms with Gasteiger partial charge in [-0.15, -0.1) is 10.2 Å². The van der Waals surface area contributed by atoms with E-state index >= 15 is 0 Å². The van der Waals surface area contributed by atoms with Crippen molar-refractivity contribution in [2.75, 3.05) is 53.9 Å². The minimum Gasteiger partial charge on any atom is -0.415 e. The van der Waals surface area contributed by atoms with Gasteiger partial charge >= 0.3 is 0 Å². The molecule has 41 heavy (non-hydrogen) atoms. The van der Waals surface area contributed by atoms with E-state index in [1.807, 2.05) is 24.3 Å². The number of hydrogen-bond acceptors (Lipinski definition) is 11. The fourth-order valence-electron chi connectivity index (χ4n) is 5.51. The number of hydrogen-bond donors (Lipinski definition) is 1. The van der Waals surface area contributed by atoms with Crippen LogP contribution in [0.5, 0.6) is 0 Å². The average molecular weight is 582 g/mol. The van der Waals surface area contributed by atoms with E-state index in [2.05, 4.69) is 36.6 Å². The van der Waals surface area contributed by atoms with Gasteiger partial charge in [0.15, 0.2) is 0 Å². The van der Waals surface area contributed by atoms with E-state index in [1.54, 1.807) is 18.3 Å². The lowest BCUT2D eigenvalue weighted by Crippen LogP contribution is -2.44. The first-order valence-corrected chi connectivity index (χ1v) is 15.7. The Morgan fingerprint density at radius 3 is 2.73 bits per heavy atom. The van der Waals surface area contributed by atoms with E-state index in [1.165, 1.54) is 0 Å². The zero-order chi connectivity index (χ0) is 28.0. The molecule has 1 aromatic carbocycles. The summed E-state index contributed by atoms with van der Waals surface area (Å²) in [4.78, 5) is 13.5. The number of anilines is 3. The first-order chi connectivity index (χ1) is 19.9. The van der Waals surface area contributed by atoms with Crippen LogP contribution in [0.15, 0.2) is 47.0 Å². The maximum absolute atomic E-state index is 12.7. The molecule has 5 aliphatic rings. The number of nitrogens with zero attached hydrogens (tertiary/aromatic N) is 6. The van der Waals surface area contributed by atoms with Gasteiger partial charge in [0.1, 0.15) is 5.69 Å². The Bertz CT molecular complexity index is 1570. The zero-order valence-corrected chi connectivity index (χ0v) is 23.7. The van der Waals surface area contributed by atoms with Crippen molar-refractivity contribution in [1.29, 1.82) is 0 Å². The highest BCUT2D eigenvalue weighted by molar-refractivity contribution is 7.93. The minimum absolute atomic E-state index is 0. The molecule has 4 aliphatic heterocycles. The Balaban J connectivity index is 0.00000316. The highest BCUT2D eigenvalue weighted by Gasteiger charge is 2.36. The largest absolute Gasteiger partial charge is 0.415 e. The second kappa shape index (κ2) is 10.4. The van der Waals surface area contributed by atoms with Gasteiger partial charge in [-0.1, -0.05) is 12.2 Å². The van der Waals surface area contributed by atoms with Gasteiger partial charge in [0.05, 0.1) is 53.7 Å². The molecule has 2 aromatic heterocycles. The third-order valence-corrected chi connectivity index (χ3v) is 10.0. The molecule has 3 fully saturated rings. The van der Waals surface area contributed by atoms with Crippen LogP contribution in [0.25, 0.3) is 23.0 Å². The van der Waals surface area contributed by atoms with Gasteiger partial charge in [-0.05, 0) is 56.9 Å². The second-order valence-electron chi connectivity index (χ2n) is 11.3. The highest BCUT2D eigenvalue weighted by Crippen LogP contribution is 2.38. The van der Waals surface area contributed by atoms with Crippen LogP contribution in [0.3, 0.4) is 0 Å². The standard InChI is InChI=1S/C28H33N7O5S.H2/c1-28-9-12-34(13-10-28)24-17-19(33-41(36,37)21-5-6-21)4-7-22(24)25-31-32-26(40-25)23-8-11-29-27(30-23)35-14-16-38-20(18-35)3-2-15-39-28;/h2-4,7-8,11,17,20-21,33H,5-6,9-10,12-16,18H2,1H3;1H/b3-2-;. The van der Waals surface area contributed by atoms with Crippen LogP contribution in [0.1, 0.15) is 34.0 Å². The van der Waals surface area contributed by atoms with Crippen LogP contribution in [-0.2, 0) is 19.5 Å². The molecule has 2 saturated heterocycles. The zero-order valence-electron chi connectivity index (χ0n) is 22.9. The van der Waals surface area contributed by atoms with E-state index < -0.39 is 10.0 Å². The Morgan fingerprint density at radius 2 is 1.90 bits per heavy atom. The van der Waals surface area contributed by atoms with Gasteiger partial charge in [0, 0.05) is 27.3 Å². The van der Waals surface area contributed by atoms with Crippen molar-refractivity contribution in [3.8, 4) is 23.0 Å². The molecule has 1 saturated carbocycles. The molecule has 1 N–H and O–H groups in total. The van der Waals surface area contributed by atoms with Crippen molar-refractivity contribution in [1.82, 2.24) is 20.2 Å². The summed E-state index contributed by atoms with van der Waals surface area (Å²) in [5, 5.41) is 8.37. The van der Waals surface area contributed by atoms with Gasteiger partial charge in [-0.3, -0.25) is 4.72 Å². The molecule has 8 rings (SSSR count). The van der Waals surface area contributed by atoms with Gasteiger partial charge in [-0.25, -0.2) is 18.4 Å². The molecular formula is C28H35N7O5S. The van der Waals surface area contributed by atoms with Crippen molar-refractivity contribution in [2.45, 2.75) is 49.6 Å². The lowest BCUT2D eigenvalue weighted by molar-refractivity contribution is -0.0339. The van der Waals surface area contributed by atoms with Crippen LogP contribution >= 0.6 is 0 Å². The Kier molecular flexibility index (Phi) is 6.67. The van der Waals surface area contributed by atoms with Crippen molar-refractivity contribution in [3.05, 3.63) is 42.6 Å². The molecule has 218 valence electrons. The van der Waals surface area contributed by atoms with Crippen molar-refractivity contribution >= 4 is 27.3 Å². The summed E-state index contributed by atoms with van der Waals surface area (Å²) in [5.41, 5.74) is 2.33. The molecule has 3 aromatic rings. The third kappa shape index (κ3) is 5.53. The molecule has 6 heterocycles. The van der Waals surface area contributed by atoms with Crippen molar-refractivity contribution in [3.63, 3.8) is 0 Å². The first kappa shape index (κ1) is 26.4. The number of nitrogens with one attached hydrogen (secondary N) is 1. The fraction of sp³-hybridized carbons (Fsp3) is 0.500. The van der Waals surface area contributed by atoms with Gasteiger partial charge in [-0.2, -0.15) is 0 Å². The van der Waals surface area contributed by atoms with E-state index in [9.17, 15) is 8.42 Å². The fourth-order valence-corrected chi connectivity index (χ4v) is 6.89. The normalized spacial score (nSPS) is 25.5. The van der Waals surface area contributed by atoms with Crippen LogP contribution in [-0.4, -0.2) is 84.9 Å². The third-order valence-electron chi connectivity index (χ3n) is 8.16. The smallest absolute Gasteiger partial charge is 0.266 e. The predicted octanol–water partition coefficient (Wildman–Crippen LogP) is 3.49. The minimum atomic E-state index is -3.41. The van der Waals surface area contributed by atoms with Crippen molar-refractivity contribution < 1.29 is 23.7 Å². The SMILES string of the molecule is CC12CCN(CC1)c1cc(NS(=O)(=O)C3CC3)ccc1-c1nnc(o1)-c1ccnc(n1)N1CCOC(/C=C\CO2)C1.[HH]. The predicted molar refractivity (Wildman–Crippen MR) is 155 cm³/mol. The van der Waals surface area contributed by atoms with E-state index in [4.69, 9.17) is 18.9 Å². The topological polar surface area (TPSA) is 136 Å². The molecule has 8 bridgehead atoms. The molecule has 0 spiro atoms. The summed E-state index contributed by atoms with van der Waals surface area (Å²) in [6, 6.07) is 7.21. The number of sulfonamides is 1. The number of fused-ring (bicyclic) bond motifs is 4. The molecule has 0 amide bonds. The summed E-state index contributed by atoms with van der Waals surface area (Å²) >= 11 is 0. The van der Waals surface area contributed by atoms with Crippen LogP contribution in [0.2, 0.25) is 0 Å². The number of morpholine rings is 1. The monoisotopic (exact) mass is 581 g/mol. The van der Waals surface area contributed by atoms with Gasteiger partial charge < -0.3 is 23.7 Å². The van der Waals surface area contributed by atoms with E-state index in [-0.39, 0.29) is 24.3 Å². The summed E-state index contributed by atoms with van der Waals surface area (Å²) in [7, 11) is -3.41. The second-order valence-corrected chi connectivity index (χ2v) is 13.2. The van der Waals surface area contributed by atoms with E-state index in [0.29, 0.717) is 62.4 Å². The number of piperidine rings is 1. The quantitative estimate of drug-likeness (QED) is 0.455. The lowest BCUT2D eigenvalue weighted by atomic mass is 9.92. The molecule has 1 aliphatic carbocycles. The number of rotatable bonds is 3. The Labute approximate surface area is 240 Å². The van der Waals surface area contributed by atoms with Crippen LogP contribution in [0, 0.1) is 0 Å². The average Bonchev–Trinajstić information content (AvgIpc) is 3.74. The molecule has 1 unspecified atom stereocenters. The summed E-state index contributed by atoms with van der Waals surface area (Å²) < 4.78 is 46.6. The maximum atomic E-state index is 12.7. The van der Waals surface area contributed by atoms with Gasteiger partial charge in [0.25, 0.3) is 5.89 Å².